The maximum atomic E-state index is 13.3. The van der Waals surface area contributed by atoms with Crippen LogP contribution >= 0.6 is 22.9 Å². The van der Waals surface area contributed by atoms with Gasteiger partial charge in [0.15, 0.2) is 0 Å². The molecule has 0 aliphatic heterocycles. The van der Waals surface area contributed by atoms with Gasteiger partial charge in [-0.3, -0.25) is 4.79 Å². The molecule has 2 fully saturated rings. The molecule has 1 aromatic carbocycles. The van der Waals surface area contributed by atoms with E-state index in [0.29, 0.717) is 5.02 Å². The Morgan fingerprint density at radius 3 is 2.50 bits per heavy atom. The van der Waals surface area contributed by atoms with E-state index in [4.69, 9.17) is 11.6 Å². The summed E-state index contributed by atoms with van der Waals surface area (Å²) in [7, 11) is 0. The summed E-state index contributed by atoms with van der Waals surface area (Å²) in [4.78, 5) is 14.2. The smallest absolute Gasteiger partial charge is 0.230 e. The zero-order valence-electron chi connectivity index (χ0n) is 14.7. The first kappa shape index (κ1) is 18.0. The normalized spacial score (nSPS) is 21.3. The van der Waals surface area contributed by atoms with Crippen molar-refractivity contribution < 1.29 is 9.90 Å². The molecule has 138 valence electrons. The van der Waals surface area contributed by atoms with E-state index >= 15 is 0 Å². The van der Waals surface area contributed by atoms with Crippen LogP contribution in [0, 0.1) is 5.92 Å². The van der Waals surface area contributed by atoms with Crippen LogP contribution in [0.1, 0.15) is 49.0 Å². The minimum absolute atomic E-state index is 0.0351. The molecule has 0 spiro atoms. The second-order valence-corrected chi connectivity index (χ2v) is 9.04. The summed E-state index contributed by atoms with van der Waals surface area (Å²) in [6.07, 6.45) is 5.84. The van der Waals surface area contributed by atoms with Crippen LogP contribution in [-0.2, 0) is 15.8 Å². The first-order chi connectivity index (χ1) is 12.5. The third kappa shape index (κ3) is 3.19. The molecule has 2 aliphatic carbocycles. The van der Waals surface area contributed by atoms with Crippen molar-refractivity contribution in [2.45, 2.75) is 49.5 Å². The van der Waals surface area contributed by atoms with Gasteiger partial charge in [-0.1, -0.05) is 42.6 Å². The molecule has 0 saturated heterocycles. The number of rotatable bonds is 6. The predicted octanol–water partition coefficient (Wildman–Crippen LogP) is 4.63. The van der Waals surface area contributed by atoms with Crippen LogP contribution in [0.15, 0.2) is 41.8 Å². The van der Waals surface area contributed by atoms with E-state index in [1.807, 2.05) is 41.8 Å². The number of carbonyl (C=O) groups excluding carboxylic acids is 1. The van der Waals surface area contributed by atoms with Crippen molar-refractivity contribution in [1.82, 2.24) is 5.32 Å². The molecule has 26 heavy (non-hydrogen) atoms. The molecule has 1 amide bonds. The average molecular weight is 390 g/mol. The zero-order valence-corrected chi connectivity index (χ0v) is 16.3. The molecule has 2 aromatic rings. The fourth-order valence-electron chi connectivity index (χ4n) is 4.30. The molecule has 3 nitrogen and oxygen atoms in total. The van der Waals surface area contributed by atoms with Crippen LogP contribution in [0.3, 0.4) is 0 Å². The van der Waals surface area contributed by atoms with Gasteiger partial charge in [0.1, 0.15) is 5.60 Å². The number of nitrogens with one attached hydrogen (secondary N) is 1. The lowest BCUT2D eigenvalue weighted by molar-refractivity contribution is -0.128. The maximum absolute atomic E-state index is 13.3. The fourth-order valence-corrected chi connectivity index (χ4v) is 5.33. The van der Waals surface area contributed by atoms with Gasteiger partial charge in [0, 0.05) is 9.90 Å². The molecule has 5 heteroatoms. The molecular weight excluding hydrogens is 366 g/mol. The van der Waals surface area contributed by atoms with Crippen molar-refractivity contribution in [1.29, 1.82) is 0 Å². The number of hydrogen-bond donors (Lipinski definition) is 2. The van der Waals surface area contributed by atoms with Gasteiger partial charge in [-0.05, 0) is 60.7 Å². The van der Waals surface area contributed by atoms with Crippen molar-refractivity contribution in [3.05, 3.63) is 57.2 Å². The molecule has 2 N–H and O–H groups in total. The van der Waals surface area contributed by atoms with Gasteiger partial charge < -0.3 is 10.4 Å². The van der Waals surface area contributed by atoms with Gasteiger partial charge in [-0.25, -0.2) is 0 Å². The molecular formula is C21H24ClNO2S. The fraction of sp³-hybridized carbons (Fsp3) is 0.476. The zero-order chi connectivity index (χ0) is 18.2. The highest BCUT2D eigenvalue weighted by Crippen LogP contribution is 2.47. The van der Waals surface area contributed by atoms with E-state index in [0.717, 1.165) is 49.0 Å². The number of hydrogen-bond acceptors (Lipinski definition) is 3. The summed E-state index contributed by atoms with van der Waals surface area (Å²) in [6.45, 7) is 0.284. The molecule has 0 bridgehead atoms. The van der Waals surface area contributed by atoms with Gasteiger partial charge >= 0.3 is 0 Å². The number of halogens is 1. The maximum Gasteiger partial charge on any atom is 0.230 e. The van der Waals surface area contributed by atoms with Crippen molar-refractivity contribution in [3.8, 4) is 0 Å². The van der Waals surface area contributed by atoms with Crippen LogP contribution in [-0.4, -0.2) is 17.6 Å². The van der Waals surface area contributed by atoms with E-state index < -0.39 is 11.0 Å². The van der Waals surface area contributed by atoms with Gasteiger partial charge in [-0.2, -0.15) is 0 Å². The Kier molecular flexibility index (Phi) is 4.84. The Bertz CT molecular complexity index is 764. The van der Waals surface area contributed by atoms with Gasteiger partial charge in [-0.15, -0.1) is 11.3 Å². The van der Waals surface area contributed by atoms with Crippen LogP contribution in [0.25, 0.3) is 0 Å². The van der Waals surface area contributed by atoms with E-state index in [1.165, 1.54) is 0 Å². The predicted molar refractivity (Wildman–Crippen MR) is 106 cm³/mol. The second-order valence-electron chi connectivity index (χ2n) is 7.65. The summed E-state index contributed by atoms with van der Waals surface area (Å²) in [5, 5.41) is 17.1. The van der Waals surface area contributed by atoms with E-state index in [9.17, 15) is 9.90 Å². The van der Waals surface area contributed by atoms with Crippen molar-refractivity contribution in [2.24, 2.45) is 5.92 Å². The minimum atomic E-state index is -0.941. The van der Waals surface area contributed by atoms with Crippen molar-refractivity contribution in [2.75, 3.05) is 6.54 Å². The highest BCUT2D eigenvalue weighted by atomic mass is 35.5. The van der Waals surface area contributed by atoms with Crippen molar-refractivity contribution in [3.63, 3.8) is 0 Å². The number of aliphatic hydroxyl groups is 1. The molecule has 0 radical (unpaired) electrons. The Balaban J connectivity index is 1.55. The second kappa shape index (κ2) is 6.99. The molecule has 1 atom stereocenters. The van der Waals surface area contributed by atoms with Gasteiger partial charge in [0.05, 0.1) is 12.0 Å². The Morgan fingerprint density at radius 1 is 1.23 bits per heavy atom. The topological polar surface area (TPSA) is 49.3 Å². The number of amides is 1. The lowest BCUT2D eigenvalue weighted by Crippen LogP contribution is -2.48. The lowest BCUT2D eigenvalue weighted by atomic mass is 9.77. The average Bonchev–Trinajstić information content (AvgIpc) is 3.15. The van der Waals surface area contributed by atoms with E-state index in [-0.39, 0.29) is 18.4 Å². The first-order valence-corrected chi connectivity index (χ1v) is 10.6. The summed E-state index contributed by atoms with van der Waals surface area (Å²) in [5.41, 5.74) is -0.406. The third-order valence-electron chi connectivity index (χ3n) is 6.01. The Labute approximate surface area is 163 Å². The van der Waals surface area contributed by atoms with Gasteiger partial charge in [0.25, 0.3) is 0 Å². The number of carbonyl (C=O) groups is 1. The Hall–Kier alpha value is -1.36. The molecule has 1 aromatic heterocycles. The lowest BCUT2D eigenvalue weighted by Gasteiger charge is -2.32. The standard InChI is InChI=1S/C21H24ClNO2S/c22-17-9-7-15(8-10-17)20(11-1-2-12-20)19(24)23-14-21(25,16-5-6-16)18-4-3-13-26-18/h3-4,7-10,13,16,25H,1-2,5-6,11-12,14H2,(H,23,24)/t21-/m0/s1. The number of thiophene rings is 1. The third-order valence-corrected chi connectivity index (χ3v) is 7.30. The molecule has 4 rings (SSSR count). The molecule has 2 saturated carbocycles. The minimum Gasteiger partial charge on any atom is -0.382 e. The number of benzene rings is 1. The Morgan fingerprint density at radius 2 is 1.92 bits per heavy atom. The van der Waals surface area contributed by atoms with Crippen LogP contribution in [0.4, 0.5) is 0 Å². The van der Waals surface area contributed by atoms with Gasteiger partial charge in [0.2, 0.25) is 5.91 Å². The summed E-state index contributed by atoms with van der Waals surface area (Å²) < 4.78 is 0. The summed E-state index contributed by atoms with van der Waals surface area (Å²) >= 11 is 7.59. The molecule has 2 aliphatic rings. The monoisotopic (exact) mass is 389 g/mol. The highest BCUT2D eigenvalue weighted by molar-refractivity contribution is 7.10. The largest absolute Gasteiger partial charge is 0.382 e. The van der Waals surface area contributed by atoms with Crippen LogP contribution < -0.4 is 5.32 Å². The van der Waals surface area contributed by atoms with Crippen LogP contribution in [0.5, 0.6) is 0 Å². The molecule has 0 unspecified atom stereocenters. The SMILES string of the molecule is O=C(NC[C@@](O)(c1cccs1)C1CC1)C1(c2ccc(Cl)cc2)CCCC1. The quantitative estimate of drug-likeness (QED) is 0.756. The summed E-state index contributed by atoms with van der Waals surface area (Å²) in [6, 6.07) is 11.6. The highest BCUT2D eigenvalue weighted by Gasteiger charge is 2.48. The van der Waals surface area contributed by atoms with E-state index in [2.05, 4.69) is 5.32 Å². The van der Waals surface area contributed by atoms with E-state index in [1.54, 1.807) is 11.3 Å². The first-order valence-electron chi connectivity index (χ1n) is 9.35. The molecule has 1 heterocycles. The van der Waals surface area contributed by atoms with Crippen LogP contribution in [0.2, 0.25) is 5.02 Å². The summed E-state index contributed by atoms with van der Waals surface area (Å²) in [5.74, 6) is 0.282. The van der Waals surface area contributed by atoms with Crippen molar-refractivity contribution >= 4 is 28.8 Å².